The van der Waals surface area contributed by atoms with Crippen LogP contribution in [-0.2, 0) is 0 Å². The van der Waals surface area contributed by atoms with Crippen molar-refractivity contribution in [3.63, 3.8) is 0 Å². The first-order valence-corrected chi connectivity index (χ1v) is 7.43. The average Bonchev–Trinajstić information content (AvgIpc) is 2.58. The van der Waals surface area contributed by atoms with E-state index in [-0.39, 0.29) is 27.0 Å². The van der Waals surface area contributed by atoms with E-state index in [2.05, 4.69) is 15.1 Å². The molecule has 0 unspecified atom stereocenters. The SMILES string of the molecule is O=c1[nH]c2c3cc(F)c(F)cc3nc(=S)n2nc1-c1ccc(F)cc1. The van der Waals surface area contributed by atoms with Gasteiger partial charge >= 0.3 is 0 Å². The second kappa shape index (κ2) is 5.49. The molecule has 0 atom stereocenters. The fourth-order valence-corrected chi connectivity index (χ4v) is 2.73. The zero-order valence-electron chi connectivity index (χ0n) is 12.3. The third-order valence-corrected chi connectivity index (χ3v) is 3.93. The summed E-state index contributed by atoms with van der Waals surface area (Å²) >= 11 is 5.12. The van der Waals surface area contributed by atoms with Gasteiger partial charge in [0.1, 0.15) is 11.5 Å². The molecule has 2 aromatic carbocycles. The van der Waals surface area contributed by atoms with E-state index >= 15 is 0 Å². The highest BCUT2D eigenvalue weighted by Gasteiger charge is 2.14. The molecule has 0 aliphatic heterocycles. The standard InChI is InChI=1S/C16H7F3N4OS/c17-8-3-1-7(2-4-8)13-15(24)21-14-9-5-10(18)11(19)6-12(9)20-16(25)23(14)22-13/h1-6H,(H,21,24). The van der Waals surface area contributed by atoms with Crippen molar-refractivity contribution in [2.45, 2.75) is 0 Å². The maximum Gasteiger partial charge on any atom is 0.277 e. The van der Waals surface area contributed by atoms with Gasteiger partial charge in [0, 0.05) is 17.0 Å². The lowest BCUT2D eigenvalue weighted by molar-refractivity contribution is 0.510. The third kappa shape index (κ3) is 2.49. The number of nitrogens with zero attached hydrogens (tertiary/aromatic N) is 3. The van der Waals surface area contributed by atoms with Crippen LogP contribution in [0.25, 0.3) is 27.8 Å². The molecule has 124 valence electrons. The molecule has 2 heterocycles. The molecule has 9 heteroatoms. The normalized spacial score (nSPS) is 11.3. The number of benzene rings is 2. The molecule has 25 heavy (non-hydrogen) atoms. The molecule has 4 rings (SSSR count). The number of aromatic nitrogens is 4. The highest BCUT2D eigenvalue weighted by atomic mass is 32.1. The Hall–Kier alpha value is -3.07. The van der Waals surface area contributed by atoms with E-state index in [9.17, 15) is 18.0 Å². The summed E-state index contributed by atoms with van der Waals surface area (Å²) in [6.45, 7) is 0. The zero-order chi connectivity index (χ0) is 17.7. The third-order valence-electron chi connectivity index (χ3n) is 3.67. The van der Waals surface area contributed by atoms with Crippen molar-refractivity contribution >= 4 is 28.8 Å². The van der Waals surface area contributed by atoms with Crippen LogP contribution in [0.1, 0.15) is 0 Å². The van der Waals surface area contributed by atoms with Crippen molar-refractivity contribution in [3.05, 3.63) is 69.0 Å². The lowest BCUT2D eigenvalue weighted by Crippen LogP contribution is -2.17. The molecule has 0 bridgehead atoms. The number of nitrogens with one attached hydrogen (secondary N) is 1. The molecule has 0 saturated heterocycles. The number of aromatic amines is 1. The van der Waals surface area contributed by atoms with Crippen molar-refractivity contribution in [1.29, 1.82) is 0 Å². The van der Waals surface area contributed by atoms with Gasteiger partial charge in [-0.25, -0.2) is 18.2 Å². The van der Waals surface area contributed by atoms with Gasteiger partial charge in [-0.3, -0.25) is 4.79 Å². The van der Waals surface area contributed by atoms with Crippen LogP contribution in [0.15, 0.2) is 41.2 Å². The van der Waals surface area contributed by atoms with Gasteiger partial charge in [-0.1, -0.05) is 0 Å². The number of H-pyrrole nitrogens is 1. The zero-order valence-corrected chi connectivity index (χ0v) is 13.1. The van der Waals surface area contributed by atoms with Gasteiger partial charge in [0.25, 0.3) is 5.56 Å². The topological polar surface area (TPSA) is 63.0 Å². The molecule has 1 N–H and O–H groups in total. The Morgan fingerprint density at radius 3 is 2.44 bits per heavy atom. The van der Waals surface area contributed by atoms with Crippen LogP contribution >= 0.6 is 12.2 Å². The van der Waals surface area contributed by atoms with E-state index in [1.807, 2.05) is 0 Å². The largest absolute Gasteiger partial charge is 0.304 e. The first-order valence-electron chi connectivity index (χ1n) is 7.02. The second-order valence-corrected chi connectivity index (χ2v) is 5.61. The average molecular weight is 360 g/mol. The van der Waals surface area contributed by atoms with E-state index < -0.39 is 23.0 Å². The first-order chi connectivity index (χ1) is 11.9. The summed E-state index contributed by atoms with van der Waals surface area (Å²) in [6, 6.07) is 6.98. The quantitative estimate of drug-likeness (QED) is 0.418. The molecule has 0 spiro atoms. The molecule has 0 radical (unpaired) electrons. The highest BCUT2D eigenvalue weighted by molar-refractivity contribution is 7.71. The molecule has 2 aromatic heterocycles. The fourth-order valence-electron chi connectivity index (χ4n) is 2.50. The smallest absolute Gasteiger partial charge is 0.277 e. The van der Waals surface area contributed by atoms with Gasteiger partial charge in [-0.05, 0) is 42.5 Å². The summed E-state index contributed by atoms with van der Waals surface area (Å²) in [5, 5.41) is 4.30. The molecule has 0 amide bonds. The minimum absolute atomic E-state index is 0.00710. The molecule has 4 aromatic rings. The Morgan fingerprint density at radius 2 is 1.72 bits per heavy atom. The van der Waals surface area contributed by atoms with Crippen molar-refractivity contribution in [2.75, 3.05) is 0 Å². The number of rotatable bonds is 1. The lowest BCUT2D eigenvalue weighted by atomic mass is 10.1. The monoisotopic (exact) mass is 360 g/mol. The number of hydrogen-bond donors (Lipinski definition) is 1. The summed E-state index contributed by atoms with van der Waals surface area (Å²) in [5.74, 6) is -2.61. The molecular weight excluding hydrogens is 353 g/mol. The lowest BCUT2D eigenvalue weighted by Gasteiger charge is -2.07. The van der Waals surface area contributed by atoms with Crippen LogP contribution in [0, 0.1) is 22.2 Å². The predicted molar refractivity (Wildman–Crippen MR) is 87.3 cm³/mol. The second-order valence-electron chi connectivity index (χ2n) is 5.25. The maximum absolute atomic E-state index is 13.6. The fraction of sp³-hybridized carbons (Fsp3) is 0. The van der Waals surface area contributed by atoms with Gasteiger partial charge in [0.15, 0.2) is 17.3 Å². The van der Waals surface area contributed by atoms with Crippen LogP contribution in [0.2, 0.25) is 0 Å². The minimum atomic E-state index is -1.09. The van der Waals surface area contributed by atoms with Crippen molar-refractivity contribution < 1.29 is 13.2 Å². The van der Waals surface area contributed by atoms with E-state index in [0.29, 0.717) is 5.56 Å². The van der Waals surface area contributed by atoms with Gasteiger partial charge in [-0.2, -0.15) is 9.61 Å². The van der Waals surface area contributed by atoms with Gasteiger partial charge < -0.3 is 4.98 Å². The number of halogens is 3. The Bertz CT molecular complexity index is 1270. The van der Waals surface area contributed by atoms with Gasteiger partial charge in [-0.15, -0.1) is 0 Å². The van der Waals surface area contributed by atoms with Crippen molar-refractivity contribution in [1.82, 2.24) is 19.6 Å². The Balaban J connectivity index is 2.10. The van der Waals surface area contributed by atoms with E-state index in [1.54, 1.807) is 0 Å². The minimum Gasteiger partial charge on any atom is -0.304 e. The maximum atomic E-state index is 13.6. The Morgan fingerprint density at radius 1 is 1.04 bits per heavy atom. The van der Waals surface area contributed by atoms with Crippen molar-refractivity contribution in [2.24, 2.45) is 0 Å². The highest BCUT2D eigenvalue weighted by Crippen LogP contribution is 2.21. The summed E-state index contributed by atoms with van der Waals surface area (Å²) in [6.07, 6.45) is 0. The number of fused-ring (bicyclic) bond motifs is 3. The molecule has 5 nitrogen and oxygen atoms in total. The molecule has 0 aliphatic rings. The summed E-state index contributed by atoms with van der Waals surface area (Å²) in [4.78, 5) is 18.9. The molecular formula is C16H7F3N4OS. The van der Waals surface area contributed by atoms with E-state index in [1.165, 1.54) is 24.3 Å². The van der Waals surface area contributed by atoms with E-state index in [4.69, 9.17) is 12.2 Å². The number of hydrogen-bond acceptors (Lipinski definition) is 4. The predicted octanol–water partition coefficient (Wildman–Crippen LogP) is 3.38. The van der Waals surface area contributed by atoms with Crippen LogP contribution in [0.3, 0.4) is 0 Å². The van der Waals surface area contributed by atoms with Crippen molar-refractivity contribution in [3.8, 4) is 11.3 Å². The van der Waals surface area contributed by atoms with E-state index in [0.717, 1.165) is 16.6 Å². The van der Waals surface area contributed by atoms with Crippen LogP contribution in [0.5, 0.6) is 0 Å². The van der Waals surface area contributed by atoms with Crippen LogP contribution in [-0.4, -0.2) is 19.6 Å². The molecule has 0 saturated carbocycles. The van der Waals surface area contributed by atoms with Crippen LogP contribution in [0.4, 0.5) is 13.2 Å². The molecule has 0 fully saturated rings. The summed E-state index contributed by atoms with van der Waals surface area (Å²) in [5.41, 5.74) is -0.0388. The van der Waals surface area contributed by atoms with Gasteiger partial charge in [0.2, 0.25) is 4.77 Å². The Kier molecular flexibility index (Phi) is 3.39. The summed E-state index contributed by atoms with van der Waals surface area (Å²) in [7, 11) is 0. The Labute approximate surface area is 142 Å². The summed E-state index contributed by atoms with van der Waals surface area (Å²) < 4.78 is 41.1. The molecule has 0 aliphatic carbocycles. The van der Waals surface area contributed by atoms with Gasteiger partial charge in [0.05, 0.1) is 5.52 Å². The van der Waals surface area contributed by atoms with Crippen LogP contribution < -0.4 is 5.56 Å². The first kappa shape index (κ1) is 15.5.